The Morgan fingerprint density at radius 2 is 2.12 bits per heavy atom. The second-order valence-electron chi connectivity index (χ2n) is 6.09. The van der Waals surface area contributed by atoms with Gasteiger partial charge in [-0.1, -0.05) is 13.8 Å². The van der Waals surface area contributed by atoms with Gasteiger partial charge >= 0.3 is 0 Å². The number of hydrogen-bond acceptors (Lipinski definition) is 2. The van der Waals surface area contributed by atoms with Crippen molar-refractivity contribution >= 4 is 0 Å². The van der Waals surface area contributed by atoms with E-state index in [0.717, 1.165) is 24.8 Å². The Bertz CT molecular complexity index is 321. The Labute approximate surface area is 105 Å². The lowest BCUT2D eigenvalue weighted by molar-refractivity contribution is 0.132. The predicted molar refractivity (Wildman–Crippen MR) is 70.7 cm³/mol. The summed E-state index contributed by atoms with van der Waals surface area (Å²) < 4.78 is 5.16. The lowest BCUT2D eigenvalue weighted by Gasteiger charge is -2.40. The molecule has 0 spiro atoms. The molecule has 17 heavy (non-hydrogen) atoms. The third kappa shape index (κ3) is 2.92. The van der Waals surface area contributed by atoms with Crippen LogP contribution in [0.4, 0.5) is 0 Å². The number of rotatable bonds is 4. The van der Waals surface area contributed by atoms with Crippen LogP contribution in [0.5, 0.6) is 0 Å². The highest BCUT2D eigenvalue weighted by Crippen LogP contribution is 2.42. The van der Waals surface area contributed by atoms with E-state index in [1.165, 1.54) is 31.2 Å². The van der Waals surface area contributed by atoms with Gasteiger partial charge < -0.3 is 10.2 Å². The Kier molecular flexibility index (Phi) is 3.93. The zero-order chi connectivity index (χ0) is 12.3. The topological polar surface area (TPSA) is 39.2 Å². The first-order chi connectivity index (χ1) is 8.15. The number of furan rings is 1. The van der Waals surface area contributed by atoms with E-state index in [-0.39, 0.29) is 0 Å². The molecule has 0 aromatic carbocycles. The molecule has 0 amide bonds. The van der Waals surface area contributed by atoms with Crippen molar-refractivity contribution in [2.75, 3.05) is 6.54 Å². The van der Waals surface area contributed by atoms with Gasteiger partial charge in [-0.2, -0.15) is 0 Å². The summed E-state index contributed by atoms with van der Waals surface area (Å²) >= 11 is 0. The van der Waals surface area contributed by atoms with E-state index in [1.807, 2.05) is 6.26 Å². The van der Waals surface area contributed by atoms with Gasteiger partial charge in [-0.05, 0) is 67.5 Å². The lowest BCUT2D eigenvalue weighted by atomic mass is 9.66. The lowest BCUT2D eigenvalue weighted by Crippen LogP contribution is -2.37. The summed E-state index contributed by atoms with van der Waals surface area (Å²) in [6.07, 6.45) is 9.95. The van der Waals surface area contributed by atoms with Gasteiger partial charge in [0, 0.05) is 0 Å². The van der Waals surface area contributed by atoms with Crippen LogP contribution in [0.3, 0.4) is 0 Å². The normalized spacial score (nSPS) is 29.8. The fourth-order valence-electron chi connectivity index (χ4n) is 3.20. The minimum atomic E-state index is 0.329. The fourth-order valence-corrected chi connectivity index (χ4v) is 3.20. The van der Waals surface area contributed by atoms with Crippen LogP contribution in [-0.2, 0) is 6.42 Å². The van der Waals surface area contributed by atoms with Gasteiger partial charge in [-0.25, -0.2) is 0 Å². The van der Waals surface area contributed by atoms with Crippen molar-refractivity contribution in [2.45, 2.75) is 46.0 Å². The van der Waals surface area contributed by atoms with Crippen LogP contribution in [0.1, 0.15) is 45.1 Å². The molecule has 1 aliphatic carbocycles. The van der Waals surface area contributed by atoms with E-state index in [1.54, 1.807) is 6.26 Å². The molecule has 96 valence electrons. The highest BCUT2D eigenvalue weighted by atomic mass is 16.3. The molecule has 0 saturated heterocycles. The van der Waals surface area contributed by atoms with Gasteiger partial charge in [0.05, 0.1) is 12.5 Å². The zero-order valence-corrected chi connectivity index (χ0v) is 11.1. The highest BCUT2D eigenvalue weighted by molar-refractivity contribution is 5.09. The molecule has 1 aromatic heterocycles. The van der Waals surface area contributed by atoms with Crippen molar-refractivity contribution < 1.29 is 4.42 Å². The highest BCUT2D eigenvalue weighted by Gasteiger charge is 2.35. The van der Waals surface area contributed by atoms with Crippen LogP contribution in [0.2, 0.25) is 0 Å². The van der Waals surface area contributed by atoms with Crippen LogP contribution in [-0.4, -0.2) is 6.54 Å². The number of hydrogen-bond donors (Lipinski definition) is 1. The van der Waals surface area contributed by atoms with E-state index >= 15 is 0 Å². The second-order valence-corrected chi connectivity index (χ2v) is 6.09. The Morgan fingerprint density at radius 1 is 1.41 bits per heavy atom. The van der Waals surface area contributed by atoms with Crippen molar-refractivity contribution in [1.82, 2.24) is 0 Å². The molecule has 0 unspecified atom stereocenters. The van der Waals surface area contributed by atoms with Crippen molar-refractivity contribution in [3.8, 4) is 0 Å². The molecular weight excluding hydrogens is 210 g/mol. The Balaban J connectivity index is 1.98. The standard InChI is InChI=1S/C15H25NO/c1-12(2)14-3-6-15(11-16,7-4-14)9-13-5-8-17-10-13/h5,8,10,12,14H,3-4,6-7,9,11,16H2,1-2H3. The summed E-state index contributed by atoms with van der Waals surface area (Å²) in [6.45, 7) is 5.50. The van der Waals surface area contributed by atoms with E-state index in [2.05, 4.69) is 19.9 Å². The zero-order valence-electron chi connectivity index (χ0n) is 11.1. The molecule has 0 aliphatic heterocycles. The quantitative estimate of drug-likeness (QED) is 0.865. The first-order valence-corrected chi connectivity index (χ1v) is 6.86. The van der Waals surface area contributed by atoms with E-state index < -0.39 is 0 Å². The van der Waals surface area contributed by atoms with Crippen LogP contribution in [0.15, 0.2) is 23.0 Å². The molecule has 0 atom stereocenters. The molecule has 1 aromatic rings. The predicted octanol–water partition coefficient (Wildman–Crippen LogP) is 3.61. The monoisotopic (exact) mass is 235 g/mol. The summed E-state index contributed by atoms with van der Waals surface area (Å²) in [5.41, 5.74) is 7.68. The van der Waals surface area contributed by atoms with Crippen LogP contribution >= 0.6 is 0 Å². The molecule has 1 fully saturated rings. The molecule has 1 aliphatic rings. The van der Waals surface area contributed by atoms with Gasteiger partial charge in [0.1, 0.15) is 0 Å². The van der Waals surface area contributed by atoms with Gasteiger partial charge in [-0.3, -0.25) is 0 Å². The molecule has 2 nitrogen and oxygen atoms in total. The molecule has 0 radical (unpaired) electrons. The average molecular weight is 235 g/mol. The molecule has 2 heteroatoms. The van der Waals surface area contributed by atoms with Crippen LogP contribution in [0, 0.1) is 17.3 Å². The molecule has 2 rings (SSSR count). The van der Waals surface area contributed by atoms with Crippen molar-refractivity contribution in [1.29, 1.82) is 0 Å². The summed E-state index contributed by atoms with van der Waals surface area (Å²) in [5.74, 6) is 1.72. The third-order valence-corrected chi connectivity index (χ3v) is 4.63. The van der Waals surface area contributed by atoms with Crippen LogP contribution in [0.25, 0.3) is 0 Å². The fraction of sp³-hybridized carbons (Fsp3) is 0.733. The van der Waals surface area contributed by atoms with E-state index in [4.69, 9.17) is 10.2 Å². The van der Waals surface area contributed by atoms with Gasteiger partial charge in [0.15, 0.2) is 0 Å². The van der Waals surface area contributed by atoms with Gasteiger partial charge in [0.25, 0.3) is 0 Å². The summed E-state index contributed by atoms with van der Waals surface area (Å²) in [6, 6.07) is 2.08. The van der Waals surface area contributed by atoms with Gasteiger partial charge in [-0.15, -0.1) is 0 Å². The third-order valence-electron chi connectivity index (χ3n) is 4.63. The van der Waals surface area contributed by atoms with Gasteiger partial charge in [0.2, 0.25) is 0 Å². The molecule has 2 N–H and O–H groups in total. The van der Waals surface area contributed by atoms with Crippen molar-refractivity contribution in [2.24, 2.45) is 23.0 Å². The SMILES string of the molecule is CC(C)C1CCC(CN)(Cc2ccoc2)CC1. The minimum absolute atomic E-state index is 0.329. The molecule has 1 saturated carbocycles. The average Bonchev–Trinajstić information content (AvgIpc) is 2.82. The first-order valence-electron chi connectivity index (χ1n) is 6.86. The molecular formula is C15H25NO. The second kappa shape index (κ2) is 5.26. The maximum Gasteiger partial charge on any atom is 0.0934 e. The smallest absolute Gasteiger partial charge is 0.0934 e. The Morgan fingerprint density at radius 3 is 2.59 bits per heavy atom. The first kappa shape index (κ1) is 12.7. The maximum absolute atomic E-state index is 6.05. The van der Waals surface area contributed by atoms with E-state index in [0.29, 0.717) is 5.41 Å². The minimum Gasteiger partial charge on any atom is -0.472 e. The van der Waals surface area contributed by atoms with Crippen molar-refractivity contribution in [3.63, 3.8) is 0 Å². The molecule has 1 heterocycles. The Hall–Kier alpha value is -0.760. The van der Waals surface area contributed by atoms with Crippen molar-refractivity contribution in [3.05, 3.63) is 24.2 Å². The maximum atomic E-state index is 6.05. The van der Waals surface area contributed by atoms with E-state index in [9.17, 15) is 0 Å². The number of nitrogens with two attached hydrogens (primary N) is 1. The molecule has 0 bridgehead atoms. The summed E-state index contributed by atoms with van der Waals surface area (Å²) in [5, 5.41) is 0. The summed E-state index contributed by atoms with van der Waals surface area (Å²) in [4.78, 5) is 0. The largest absolute Gasteiger partial charge is 0.472 e. The summed E-state index contributed by atoms with van der Waals surface area (Å²) in [7, 11) is 0. The van der Waals surface area contributed by atoms with Crippen LogP contribution < -0.4 is 5.73 Å².